The third-order valence-electron chi connectivity index (χ3n) is 5.56. The van der Waals surface area contributed by atoms with Gasteiger partial charge in [0.15, 0.2) is 0 Å². The summed E-state index contributed by atoms with van der Waals surface area (Å²) in [6.07, 6.45) is 0.354. The molecule has 6 heteroatoms. The van der Waals surface area contributed by atoms with E-state index >= 15 is 0 Å². The molecule has 1 aromatic rings. The highest BCUT2D eigenvalue weighted by Crippen LogP contribution is 2.42. The zero-order chi connectivity index (χ0) is 17.4. The first-order chi connectivity index (χ1) is 12.0. The van der Waals surface area contributed by atoms with Crippen molar-refractivity contribution in [2.24, 2.45) is 5.92 Å². The average molecular weight is 350 g/mol. The summed E-state index contributed by atoms with van der Waals surface area (Å²) in [6, 6.07) is 8.21. The van der Waals surface area contributed by atoms with E-state index in [2.05, 4.69) is 17.0 Å². The molecule has 0 bridgehead atoms. The molecule has 25 heavy (non-hydrogen) atoms. The van der Waals surface area contributed by atoms with E-state index in [4.69, 9.17) is 4.74 Å². The van der Waals surface area contributed by atoms with E-state index in [-0.39, 0.29) is 24.7 Å². The van der Waals surface area contributed by atoms with Gasteiger partial charge in [0.25, 0.3) is 5.91 Å². The van der Waals surface area contributed by atoms with Crippen molar-refractivity contribution in [3.63, 3.8) is 0 Å². The topological polar surface area (TPSA) is 32.8 Å². The summed E-state index contributed by atoms with van der Waals surface area (Å²) >= 11 is 0. The number of ether oxygens (including phenoxy) is 1. The number of nitrogens with zero attached hydrogens (tertiary/aromatic N) is 2. The molecule has 0 aromatic heterocycles. The quantitative estimate of drug-likeness (QED) is 0.839. The van der Waals surface area contributed by atoms with Gasteiger partial charge in [-0.3, -0.25) is 9.69 Å². The molecule has 4 nitrogen and oxygen atoms in total. The first-order valence-corrected chi connectivity index (χ1v) is 9.07. The second kappa shape index (κ2) is 6.65. The smallest absolute Gasteiger partial charge is 0.253 e. The van der Waals surface area contributed by atoms with Crippen LogP contribution in [0, 0.1) is 5.92 Å². The van der Waals surface area contributed by atoms with E-state index in [0.29, 0.717) is 39.3 Å². The van der Waals surface area contributed by atoms with Crippen molar-refractivity contribution in [1.29, 1.82) is 0 Å². The molecule has 2 aliphatic heterocycles. The predicted octanol–water partition coefficient (Wildman–Crippen LogP) is 2.32. The van der Waals surface area contributed by atoms with Gasteiger partial charge in [0.1, 0.15) is 6.10 Å². The minimum absolute atomic E-state index is 0.0219. The van der Waals surface area contributed by atoms with Crippen LogP contribution in [0.15, 0.2) is 24.3 Å². The second-order valence-corrected chi connectivity index (χ2v) is 7.53. The lowest BCUT2D eigenvalue weighted by Gasteiger charge is -2.41. The fraction of sp³-hybridized carbons (Fsp3) is 0.632. The van der Waals surface area contributed by atoms with E-state index in [1.807, 2.05) is 17.0 Å². The Bertz CT molecular complexity index is 644. The number of carbonyl (C=O) groups excluding carboxylic acids is 1. The normalized spacial score (nSPS) is 26.8. The van der Waals surface area contributed by atoms with Crippen LogP contribution in [-0.2, 0) is 22.5 Å². The van der Waals surface area contributed by atoms with Crippen LogP contribution in [0.4, 0.5) is 8.78 Å². The standard InChI is InChI=1S/C19H24F2N2O2/c20-19(21)9-14(10-19)11-22-7-8-25-17(13-22)18(24)23-6-5-15-3-1-2-4-16(15)12-23/h1-4,14,17H,5-13H2. The molecule has 136 valence electrons. The van der Waals surface area contributed by atoms with Gasteiger partial charge in [-0.15, -0.1) is 0 Å². The van der Waals surface area contributed by atoms with Crippen molar-refractivity contribution < 1.29 is 18.3 Å². The summed E-state index contributed by atoms with van der Waals surface area (Å²) in [7, 11) is 0. The lowest BCUT2D eigenvalue weighted by Crippen LogP contribution is -2.53. The van der Waals surface area contributed by atoms with Crippen molar-refractivity contribution in [2.75, 3.05) is 32.8 Å². The maximum atomic E-state index is 13.0. The SMILES string of the molecule is O=C(C1CN(CC2CC(F)(F)C2)CCO1)N1CCc2ccccc2C1. The molecule has 0 N–H and O–H groups in total. The summed E-state index contributed by atoms with van der Waals surface area (Å²) in [5.74, 6) is -2.41. The van der Waals surface area contributed by atoms with Crippen LogP contribution >= 0.6 is 0 Å². The predicted molar refractivity (Wildman–Crippen MR) is 89.4 cm³/mol. The molecule has 1 saturated heterocycles. The lowest BCUT2D eigenvalue weighted by molar-refractivity contribution is -0.154. The number of amides is 1. The highest BCUT2D eigenvalue weighted by atomic mass is 19.3. The molecule has 3 aliphatic rings. The molecule has 2 fully saturated rings. The van der Waals surface area contributed by atoms with E-state index in [1.54, 1.807) is 0 Å². The molecule has 1 aromatic carbocycles. The largest absolute Gasteiger partial charge is 0.366 e. The van der Waals surface area contributed by atoms with E-state index in [1.165, 1.54) is 11.1 Å². The van der Waals surface area contributed by atoms with Gasteiger partial charge in [0, 0.05) is 45.6 Å². The molecule has 0 spiro atoms. The number of hydrogen-bond donors (Lipinski definition) is 0. The summed E-state index contributed by atoms with van der Waals surface area (Å²) in [5, 5.41) is 0. The van der Waals surface area contributed by atoms with E-state index in [9.17, 15) is 13.6 Å². The van der Waals surface area contributed by atoms with Crippen molar-refractivity contribution in [2.45, 2.75) is 37.8 Å². The number of hydrogen-bond acceptors (Lipinski definition) is 3. The molecular weight excluding hydrogens is 326 g/mol. The number of halogens is 2. The van der Waals surface area contributed by atoms with Gasteiger partial charge in [-0.1, -0.05) is 24.3 Å². The lowest BCUT2D eigenvalue weighted by atomic mass is 9.81. The molecule has 2 heterocycles. The maximum absolute atomic E-state index is 13.0. The van der Waals surface area contributed by atoms with Crippen LogP contribution in [0.2, 0.25) is 0 Å². The average Bonchev–Trinajstić information content (AvgIpc) is 2.59. The number of morpholine rings is 1. The van der Waals surface area contributed by atoms with Crippen LogP contribution in [0.5, 0.6) is 0 Å². The molecule has 1 saturated carbocycles. The highest BCUT2D eigenvalue weighted by Gasteiger charge is 2.46. The highest BCUT2D eigenvalue weighted by molar-refractivity contribution is 5.81. The molecular formula is C19H24F2N2O2. The third kappa shape index (κ3) is 3.70. The number of fused-ring (bicyclic) bond motifs is 1. The zero-order valence-electron chi connectivity index (χ0n) is 14.3. The van der Waals surface area contributed by atoms with E-state index < -0.39 is 12.0 Å². The summed E-state index contributed by atoms with van der Waals surface area (Å²) in [6.45, 7) is 3.71. The summed E-state index contributed by atoms with van der Waals surface area (Å²) < 4.78 is 31.7. The van der Waals surface area contributed by atoms with Crippen LogP contribution in [-0.4, -0.2) is 60.5 Å². The molecule has 1 atom stereocenters. The Morgan fingerprint density at radius 3 is 2.72 bits per heavy atom. The Morgan fingerprint density at radius 1 is 1.20 bits per heavy atom. The molecule has 1 unspecified atom stereocenters. The van der Waals surface area contributed by atoms with Crippen molar-refractivity contribution in [3.05, 3.63) is 35.4 Å². The maximum Gasteiger partial charge on any atom is 0.253 e. The van der Waals surface area contributed by atoms with Gasteiger partial charge >= 0.3 is 0 Å². The number of alkyl halides is 2. The second-order valence-electron chi connectivity index (χ2n) is 7.53. The first kappa shape index (κ1) is 16.9. The monoisotopic (exact) mass is 350 g/mol. The van der Waals surface area contributed by atoms with Gasteiger partial charge in [0.05, 0.1) is 6.61 Å². The van der Waals surface area contributed by atoms with Gasteiger partial charge in [0.2, 0.25) is 5.92 Å². The fourth-order valence-electron chi connectivity index (χ4n) is 4.18. The number of carbonyl (C=O) groups is 1. The minimum atomic E-state index is -2.48. The van der Waals surface area contributed by atoms with Gasteiger partial charge in [-0.05, 0) is 23.5 Å². The zero-order valence-corrected chi connectivity index (χ0v) is 14.3. The van der Waals surface area contributed by atoms with Crippen molar-refractivity contribution >= 4 is 5.91 Å². The molecule has 1 amide bonds. The van der Waals surface area contributed by atoms with Crippen molar-refractivity contribution in [1.82, 2.24) is 9.80 Å². The van der Waals surface area contributed by atoms with Gasteiger partial charge < -0.3 is 9.64 Å². The summed E-state index contributed by atoms with van der Waals surface area (Å²) in [5.41, 5.74) is 2.51. The Hall–Kier alpha value is -1.53. The van der Waals surface area contributed by atoms with Crippen LogP contribution < -0.4 is 0 Å². The molecule has 4 rings (SSSR count). The third-order valence-corrected chi connectivity index (χ3v) is 5.56. The van der Waals surface area contributed by atoms with Crippen LogP contribution in [0.3, 0.4) is 0 Å². The molecule has 1 aliphatic carbocycles. The summed E-state index contributed by atoms with van der Waals surface area (Å²) in [4.78, 5) is 16.8. The number of rotatable bonds is 3. The Balaban J connectivity index is 1.33. The number of benzene rings is 1. The first-order valence-electron chi connectivity index (χ1n) is 9.07. The Morgan fingerprint density at radius 2 is 1.96 bits per heavy atom. The fourth-order valence-corrected chi connectivity index (χ4v) is 4.18. The van der Waals surface area contributed by atoms with Gasteiger partial charge in [-0.2, -0.15) is 0 Å². The Kier molecular flexibility index (Phi) is 4.50. The minimum Gasteiger partial charge on any atom is -0.366 e. The molecule has 0 radical (unpaired) electrons. The van der Waals surface area contributed by atoms with Gasteiger partial charge in [-0.25, -0.2) is 8.78 Å². The Labute approximate surface area is 146 Å². The van der Waals surface area contributed by atoms with E-state index in [0.717, 1.165) is 6.42 Å². The van der Waals surface area contributed by atoms with Crippen molar-refractivity contribution in [3.8, 4) is 0 Å². The van der Waals surface area contributed by atoms with Crippen LogP contribution in [0.1, 0.15) is 24.0 Å². The van der Waals surface area contributed by atoms with Crippen LogP contribution in [0.25, 0.3) is 0 Å².